The van der Waals surface area contributed by atoms with Gasteiger partial charge in [0.15, 0.2) is 0 Å². The molecule has 3 heteroatoms. The van der Waals surface area contributed by atoms with E-state index in [0.29, 0.717) is 12.5 Å². The van der Waals surface area contributed by atoms with Crippen LogP contribution >= 0.6 is 0 Å². The Kier molecular flexibility index (Phi) is 4.16. The van der Waals surface area contributed by atoms with Crippen molar-refractivity contribution in [3.63, 3.8) is 0 Å². The third-order valence-electron chi connectivity index (χ3n) is 2.94. The van der Waals surface area contributed by atoms with Crippen LogP contribution in [0.1, 0.15) is 26.7 Å². The van der Waals surface area contributed by atoms with Gasteiger partial charge in [-0.2, -0.15) is 0 Å². The van der Waals surface area contributed by atoms with E-state index in [-0.39, 0.29) is 12.2 Å². The fraction of sp³-hybridized carbons (Fsp3) is 1.00. The average molecular weight is 187 g/mol. The lowest BCUT2D eigenvalue weighted by Gasteiger charge is -2.35. The summed E-state index contributed by atoms with van der Waals surface area (Å²) in [5, 5.41) is 19.0. The van der Waals surface area contributed by atoms with E-state index in [1.54, 1.807) is 0 Å². The van der Waals surface area contributed by atoms with E-state index in [1.165, 1.54) is 0 Å². The lowest BCUT2D eigenvalue weighted by Crippen LogP contribution is -2.45. The molecule has 2 N–H and O–H groups in total. The van der Waals surface area contributed by atoms with Crippen molar-refractivity contribution < 1.29 is 10.2 Å². The van der Waals surface area contributed by atoms with E-state index in [2.05, 4.69) is 11.8 Å². The quantitative estimate of drug-likeness (QED) is 0.674. The first-order chi connectivity index (χ1) is 6.13. The van der Waals surface area contributed by atoms with Gasteiger partial charge in [-0.25, -0.2) is 0 Å². The summed E-state index contributed by atoms with van der Waals surface area (Å²) in [5.41, 5.74) is 0. The molecule has 3 atom stereocenters. The van der Waals surface area contributed by atoms with Gasteiger partial charge >= 0.3 is 0 Å². The van der Waals surface area contributed by atoms with E-state index in [1.807, 2.05) is 6.92 Å². The van der Waals surface area contributed by atoms with E-state index >= 15 is 0 Å². The second-order valence-corrected chi connectivity index (χ2v) is 4.15. The number of nitrogens with zero attached hydrogens (tertiary/aromatic N) is 1. The smallest absolute Gasteiger partial charge is 0.0693 e. The minimum atomic E-state index is -0.236. The van der Waals surface area contributed by atoms with Crippen molar-refractivity contribution in [2.24, 2.45) is 5.92 Å². The molecule has 13 heavy (non-hydrogen) atoms. The van der Waals surface area contributed by atoms with Crippen LogP contribution in [0, 0.1) is 5.92 Å². The number of rotatable bonds is 3. The first-order valence-electron chi connectivity index (χ1n) is 5.22. The van der Waals surface area contributed by atoms with Gasteiger partial charge in [0.05, 0.1) is 12.2 Å². The lowest BCUT2D eigenvalue weighted by atomic mass is 9.96. The summed E-state index contributed by atoms with van der Waals surface area (Å²) in [7, 11) is 0. The maximum Gasteiger partial charge on any atom is 0.0693 e. The van der Waals surface area contributed by atoms with Gasteiger partial charge in [-0.15, -0.1) is 0 Å². The number of hydrogen-bond acceptors (Lipinski definition) is 3. The van der Waals surface area contributed by atoms with Crippen LogP contribution in [0.15, 0.2) is 0 Å². The SMILES string of the molecule is CC[C@@H](O)CN1CCC(C)C(O)C1. The van der Waals surface area contributed by atoms with E-state index in [0.717, 1.165) is 25.9 Å². The van der Waals surface area contributed by atoms with Crippen molar-refractivity contribution >= 4 is 0 Å². The molecule has 0 aromatic heterocycles. The molecule has 1 rings (SSSR count). The molecule has 1 aliphatic rings. The molecule has 1 aliphatic heterocycles. The highest BCUT2D eigenvalue weighted by atomic mass is 16.3. The topological polar surface area (TPSA) is 43.7 Å². The minimum Gasteiger partial charge on any atom is -0.392 e. The Morgan fingerprint density at radius 3 is 2.77 bits per heavy atom. The van der Waals surface area contributed by atoms with Crippen LogP contribution in [0.2, 0.25) is 0 Å². The molecule has 0 bridgehead atoms. The van der Waals surface area contributed by atoms with Crippen LogP contribution in [0.4, 0.5) is 0 Å². The molecule has 1 saturated heterocycles. The Morgan fingerprint density at radius 1 is 1.54 bits per heavy atom. The Hall–Kier alpha value is -0.120. The molecule has 1 heterocycles. The van der Waals surface area contributed by atoms with Crippen LogP contribution in [0.25, 0.3) is 0 Å². The number of piperidine rings is 1. The van der Waals surface area contributed by atoms with Crippen molar-refractivity contribution in [3.05, 3.63) is 0 Å². The predicted octanol–water partition coefficient (Wildman–Crippen LogP) is 0.460. The summed E-state index contributed by atoms with van der Waals surface area (Å²) in [5.74, 6) is 0.412. The third kappa shape index (κ3) is 3.25. The summed E-state index contributed by atoms with van der Waals surface area (Å²) in [6.45, 7) is 6.50. The molecule has 3 nitrogen and oxygen atoms in total. The minimum absolute atomic E-state index is 0.210. The van der Waals surface area contributed by atoms with Crippen LogP contribution < -0.4 is 0 Å². The highest BCUT2D eigenvalue weighted by Gasteiger charge is 2.24. The molecule has 0 aliphatic carbocycles. The zero-order chi connectivity index (χ0) is 9.84. The number of β-amino-alcohol motifs (C(OH)–C–C–N with tert-alkyl or cyclic N) is 2. The largest absolute Gasteiger partial charge is 0.392 e. The zero-order valence-electron chi connectivity index (χ0n) is 8.61. The van der Waals surface area contributed by atoms with Crippen molar-refractivity contribution in [2.75, 3.05) is 19.6 Å². The Labute approximate surface area is 80.4 Å². The molecule has 0 spiro atoms. The van der Waals surface area contributed by atoms with Gasteiger partial charge in [0.2, 0.25) is 0 Å². The summed E-state index contributed by atoms with van der Waals surface area (Å²) in [6, 6.07) is 0. The van der Waals surface area contributed by atoms with Crippen molar-refractivity contribution in [1.29, 1.82) is 0 Å². The molecular weight excluding hydrogens is 166 g/mol. The third-order valence-corrected chi connectivity index (χ3v) is 2.94. The predicted molar refractivity (Wildman–Crippen MR) is 52.5 cm³/mol. The van der Waals surface area contributed by atoms with Crippen molar-refractivity contribution in [1.82, 2.24) is 4.90 Å². The summed E-state index contributed by atoms with van der Waals surface area (Å²) >= 11 is 0. The first-order valence-corrected chi connectivity index (χ1v) is 5.22. The van der Waals surface area contributed by atoms with Crippen LogP contribution in [-0.4, -0.2) is 47.0 Å². The molecule has 1 fully saturated rings. The standard InChI is InChI=1S/C10H21NO2/c1-3-9(12)6-11-5-4-8(2)10(13)7-11/h8-10,12-13H,3-7H2,1-2H3/t8?,9-,10?/m1/s1. The number of likely N-dealkylation sites (tertiary alicyclic amines) is 1. The van der Waals surface area contributed by atoms with Crippen LogP contribution in [0.5, 0.6) is 0 Å². The highest BCUT2D eigenvalue weighted by Crippen LogP contribution is 2.17. The molecule has 0 saturated carbocycles. The fourth-order valence-corrected chi connectivity index (χ4v) is 1.71. The fourth-order valence-electron chi connectivity index (χ4n) is 1.71. The van der Waals surface area contributed by atoms with Gasteiger partial charge in [0.1, 0.15) is 0 Å². The normalized spacial score (nSPS) is 33.2. The number of aliphatic hydroxyl groups excluding tert-OH is 2. The average Bonchev–Trinajstić information content (AvgIpc) is 2.11. The summed E-state index contributed by atoms with van der Waals surface area (Å²) in [4.78, 5) is 2.15. The number of aliphatic hydroxyl groups is 2. The van der Waals surface area contributed by atoms with Gasteiger partial charge in [0, 0.05) is 13.1 Å². The van der Waals surface area contributed by atoms with Gasteiger partial charge in [0.25, 0.3) is 0 Å². The van der Waals surface area contributed by atoms with Crippen molar-refractivity contribution in [2.45, 2.75) is 38.9 Å². The van der Waals surface area contributed by atoms with Gasteiger partial charge in [-0.3, -0.25) is 4.90 Å². The molecule has 0 aromatic rings. The van der Waals surface area contributed by atoms with Gasteiger partial charge in [-0.05, 0) is 25.3 Å². The monoisotopic (exact) mass is 187 g/mol. The maximum absolute atomic E-state index is 9.61. The summed E-state index contributed by atoms with van der Waals surface area (Å²) < 4.78 is 0. The second kappa shape index (κ2) is 4.94. The zero-order valence-corrected chi connectivity index (χ0v) is 8.61. The molecule has 2 unspecified atom stereocenters. The number of hydrogen-bond donors (Lipinski definition) is 2. The molecule has 0 radical (unpaired) electrons. The molecule has 0 aromatic carbocycles. The van der Waals surface area contributed by atoms with Gasteiger partial charge in [-0.1, -0.05) is 13.8 Å². The molecule has 78 valence electrons. The van der Waals surface area contributed by atoms with Gasteiger partial charge < -0.3 is 10.2 Å². The Bertz CT molecular complexity index is 150. The van der Waals surface area contributed by atoms with E-state index in [4.69, 9.17) is 0 Å². The second-order valence-electron chi connectivity index (χ2n) is 4.15. The Morgan fingerprint density at radius 2 is 2.23 bits per heavy atom. The van der Waals surface area contributed by atoms with Crippen LogP contribution in [-0.2, 0) is 0 Å². The van der Waals surface area contributed by atoms with Crippen molar-refractivity contribution in [3.8, 4) is 0 Å². The maximum atomic E-state index is 9.61. The summed E-state index contributed by atoms with van der Waals surface area (Å²) in [6.07, 6.45) is 1.39. The van der Waals surface area contributed by atoms with E-state index < -0.39 is 0 Å². The lowest BCUT2D eigenvalue weighted by molar-refractivity contribution is 0.00846. The highest BCUT2D eigenvalue weighted by molar-refractivity contribution is 4.78. The molecular formula is C10H21NO2. The first kappa shape index (κ1) is 11.0. The molecule has 0 amide bonds. The Balaban J connectivity index is 2.29. The van der Waals surface area contributed by atoms with E-state index in [9.17, 15) is 10.2 Å². The van der Waals surface area contributed by atoms with Crippen LogP contribution in [0.3, 0.4) is 0 Å².